The average molecular weight is 228 g/mol. The summed E-state index contributed by atoms with van der Waals surface area (Å²) in [6, 6.07) is 7.72. The molecule has 1 aromatic carbocycles. The van der Waals surface area contributed by atoms with Gasteiger partial charge in [0, 0.05) is 12.0 Å². The van der Waals surface area contributed by atoms with Gasteiger partial charge in [0.1, 0.15) is 5.75 Å². The van der Waals surface area contributed by atoms with Crippen molar-refractivity contribution in [2.75, 3.05) is 0 Å². The van der Waals surface area contributed by atoms with Gasteiger partial charge < -0.3 is 10.5 Å². The summed E-state index contributed by atoms with van der Waals surface area (Å²) in [6.45, 7) is 1.86. The third-order valence-electron chi connectivity index (χ3n) is 3.27. The number of ether oxygens (including phenoxy) is 1. The molecular formula is C12H12N4O. The van der Waals surface area contributed by atoms with Crippen molar-refractivity contribution in [2.24, 2.45) is 10.7 Å². The van der Waals surface area contributed by atoms with E-state index in [-0.39, 0.29) is 12.0 Å². The lowest BCUT2D eigenvalue weighted by Crippen LogP contribution is -2.58. The van der Waals surface area contributed by atoms with E-state index in [1.165, 1.54) is 4.90 Å². The minimum atomic E-state index is -0.723. The third-order valence-corrected chi connectivity index (χ3v) is 3.27. The molecular weight excluding hydrogens is 216 g/mol. The van der Waals surface area contributed by atoms with Crippen molar-refractivity contribution in [3.63, 3.8) is 0 Å². The minimum absolute atomic E-state index is 0.0189. The molecule has 17 heavy (non-hydrogen) atoms. The van der Waals surface area contributed by atoms with Crippen LogP contribution < -0.4 is 10.5 Å². The van der Waals surface area contributed by atoms with E-state index in [2.05, 4.69) is 4.99 Å². The lowest BCUT2D eigenvalue weighted by atomic mass is 9.92. The molecule has 2 atom stereocenters. The first-order valence-electron chi connectivity index (χ1n) is 5.45. The number of benzene rings is 1. The van der Waals surface area contributed by atoms with Crippen LogP contribution in [0.3, 0.4) is 0 Å². The first-order valence-corrected chi connectivity index (χ1v) is 5.45. The van der Waals surface area contributed by atoms with Gasteiger partial charge in [-0.3, -0.25) is 0 Å². The Morgan fingerprint density at radius 2 is 2.35 bits per heavy atom. The molecule has 0 amide bonds. The molecule has 5 nitrogen and oxygen atoms in total. The summed E-state index contributed by atoms with van der Waals surface area (Å²) in [6.07, 6.45) is 2.67. The van der Waals surface area contributed by atoms with Crippen LogP contribution >= 0.6 is 0 Å². The Morgan fingerprint density at radius 3 is 3.12 bits per heavy atom. The van der Waals surface area contributed by atoms with Crippen molar-refractivity contribution in [1.29, 1.82) is 5.26 Å². The Balaban J connectivity index is 2.17. The minimum Gasteiger partial charge on any atom is -0.467 e. The maximum atomic E-state index is 9.12. The summed E-state index contributed by atoms with van der Waals surface area (Å²) in [5.74, 6) is 1.00. The third kappa shape index (κ3) is 1.27. The fraction of sp³-hybridized carbons (Fsp3) is 0.333. The van der Waals surface area contributed by atoms with Crippen molar-refractivity contribution in [2.45, 2.75) is 25.1 Å². The number of hydrogen-bond acceptors (Lipinski definition) is 5. The highest BCUT2D eigenvalue weighted by Crippen LogP contribution is 2.45. The van der Waals surface area contributed by atoms with Gasteiger partial charge in [-0.05, 0) is 13.0 Å². The first-order chi connectivity index (χ1) is 8.14. The quantitative estimate of drug-likeness (QED) is 0.680. The predicted octanol–water partition coefficient (Wildman–Crippen LogP) is 1.34. The smallest absolute Gasteiger partial charge is 0.208 e. The molecule has 0 aliphatic carbocycles. The second-order valence-corrected chi connectivity index (χ2v) is 4.46. The van der Waals surface area contributed by atoms with Crippen LogP contribution in [0.2, 0.25) is 0 Å². The van der Waals surface area contributed by atoms with Crippen LogP contribution in [0.5, 0.6) is 5.75 Å². The van der Waals surface area contributed by atoms with Gasteiger partial charge in [-0.15, -0.1) is 0 Å². The molecule has 0 aromatic heterocycles. The number of aliphatic imine (C=N–C) groups is 1. The molecule has 3 rings (SSSR count). The second kappa shape index (κ2) is 3.14. The summed E-state index contributed by atoms with van der Waals surface area (Å²) in [5, 5.41) is 9.12. The Kier molecular flexibility index (Phi) is 1.84. The van der Waals surface area contributed by atoms with Crippen LogP contribution in [0, 0.1) is 11.5 Å². The van der Waals surface area contributed by atoms with Crippen molar-refractivity contribution in [1.82, 2.24) is 4.90 Å². The molecule has 0 radical (unpaired) electrons. The maximum Gasteiger partial charge on any atom is 0.208 e. The molecule has 2 aliphatic rings. The fourth-order valence-corrected chi connectivity index (χ4v) is 2.46. The molecule has 2 N–H and O–H groups in total. The van der Waals surface area contributed by atoms with Gasteiger partial charge in [0.25, 0.3) is 0 Å². The maximum absolute atomic E-state index is 9.12. The van der Waals surface area contributed by atoms with Crippen LogP contribution in [0.15, 0.2) is 29.3 Å². The van der Waals surface area contributed by atoms with E-state index in [0.29, 0.717) is 6.42 Å². The molecule has 0 fully saturated rings. The van der Waals surface area contributed by atoms with Crippen molar-refractivity contribution in [3.8, 4) is 11.9 Å². The molecule has 0 unspecified atom stereocenters. The van der Waals surface area contributed by atoms with E-state index in [0.717, 1.165) is 11.3 Å². The zero-order valence-corrected chi connectivity index (χ0v) is 9.42. The zero-order chi connectivity index (χ0) is 12.0. The van der Waals surface area contributed by atoms with E-state index in [1.54, 1.807) is 0 Å². The standard InChI is InChI=1S/C12H12N4O/c1-12-6-9(15-11(14)16(12)7-13)8-4-2-3-5-10(8)17-12/h2-5,9H,6H2,1H3,(H2,14,15)/t9-,12+/m1/s1. The highest BCUT2D eigenvalue weighted by molar-refractivity contribution is 5.81. The van der Waals surface area contributed by atoms with Gasteiger partial charge in [-0.25, -0.2) is 9.89 Å². The molecule has 2 aliphatic heterocycles. The molecule has 1 aromatic rings. The zero-order valence-electron chi connectivity index (χ0n) is 9.42. The molecule has 0 spiro atoms. The van der Waals surface area contributed by atoms with Gasteiger partial charge >= 0.3 is 0 Å². The lowest BCUT2D eigenvalue weighted by molar-refractivity contribution is -0.0348. The Bertz CT molecular complexity index is 548. The first kappa shape index (κ1) is 9.97. The number of nitrogens with zero attached hydrogens (tertiary/aromatic N) is 3. The highest BCUT2D eigenvalue weighted by atomic mass is 16.5. The number of nitrogens with two attached hydrogens (primary N) is 1. The number of para-hydroxylation sites is 1. The van der Waals surface area contributed by atoms with Crippen LogP contribution in [-0.4, -0.2) is 16.6 Å². The van der Waals surface area contributed by atoms with Crippen LogP contribution in [0.1, 0.15) is 24.9 Å². The van der Waals surface area contributed by atoms with Gasteiger partial charge in [-0.2, -0.15) is 5.26 Å². The SMILES string of the molecule is C[C@]12C[C@@H](N=C(N)N1C#N)c1ccccc1O2. The summed E-state index contributed by atoms with van der Waals surface area (Å²) in [5.41, 5.74) is 6.11. The second-order valence-electron chi connectivity index (χ2n) is 4.46. The van der Waals surface area contributed by atoms with Gasteiger partial charge in [0.15, 0.2) is 11.9 Å². The molecule has 0 saturated carbocycles. The number of nitriles is 1. The summed E-state index contributed by atoms with van der Waals surface area (Å²) >= 11 is 0. The number of hydrogen-bond donors (Lipinski definition) is 1. The van der Waals surface area contributed by atoms with Crippen LogP contribution in [0.4, 0.5) is 0 Å². The molecule has 2 bridgehead atoms. The monoisotopic (exact) mass is 228 g/mol. The normalized spacial score (nSPS) is 29.8. The van der Waals surface area contributed by atoms with Crippen LogP contribution in [-0.2, 0) is 0 Å². The topological polar surface area (TPSA) is 74.6 Å². The molecule has 2 heterocycles. The van der Waals surface area contributed by atoms with Gasteiger partial charge in [0.05, 0.1) is 6.04 Å². The summed E-state index contributed by atoms with van der Waals surface area (Å²) < 4.78 is 5.91. The Hall–Kier alpha value is -2.22. The summed E-state index contributed by atoms with van der Waals surface area (Å²) in [4.78, 5) is 5.69. The van der Waals surface area contributed by atoms with E-state index >= 15 is 0 Å². The molecule has 5 heteroatoms. The van der Waals surface area contributed by atoms with E-state index in [1.807, 2.05) is 37.4 Å². The van der Waals surface area contributed by atoms with Gasteiger partial charge in [0.2, 0.25) is 5.96 Å². The van der Waals surface area contributed by atoms with Crippen molar-refractivity contribution in [3.05, 3.63) is 29.8 Å². The highest BCUT2D eigenvalue weighted by Gasteiger charge is 2.46. The van der Waals surface area contributed by atoms with E-state index < -0.39 is 5.72 Å². The van der Waals surface area contributed by atoms with Gasteiger partial charge in [-0.1, -0.05) is 18.2 Å². The Labute approximate surface area is 99.1 Å². The predicted molar refractivity (Wildman–Crippen MR) is 61.9 cm³/mol. The number of guanidine groups is 1. The number of rotatable bonds is 0. The Morgan fingerprint density at radius 1 is 1.59 bits per heavy atom. The van der Waals surface area contributed by atoms with Crippen molar-refractivity contribution >= 4 is 5.96 Å². The lowest BCUT2D eigenvalue weighted by Gasteiger charge is -2.45. The molecule has 0 saturated heterocycles. The van der Waals surface area contributed by atoms with E-state index in [9.17, 15) is 0 Å². The number of fused-ring (bicyclic) bond motifs is 4. The van der Waals surface area contributed by atoms with Crippen molar-refractivity contribution < 1.29 is 4.74 Å². The summed E-state index contributed by atoms with van der Waals surface area (Å²) in [7, 11) is 0. The average Bonchev–Trinajstić information content (AvgIpc) is 2.28. The fourth-order valence-electron chi connectivity index (χ4n) is 2.46. The van der Waals surface area contributed by atoms with E-state index in [4.69, 9.17) is 15.7 Å². The molecule has 86 valence electrons. The van der Waals surface area contributed by atoms with Crippen LogP contribution in [0.25, 0.3) is 0 Å². The largest absolute Gasteiger partial charge is 0.467 e.